The van der Waals surface area contributed by atoms with E-state index in [2.05, 4.69) is 265 Å². The van der Waals surface area contributed by atoms with Crippen molar-refractivity contribution in [3.63, 3.8) is 0 Å². The van der Waals surface area contributed by atoms with Gasteiger partial charge < -0.3 is 14.4 Å². The number of nitrogens with zero attached hydrogens (tertiary/aromatic N) is 3. The van der Waals surface area contributed by atoms with Crippen LogP contribution in [0.15, 0.2) is 237 Å². The minimum atomic E-state index is -0.212. The fourth-order valence-corrected chi connectivity index (χ4v) is 11.7. The van der Waals surface area contributed by atoms with E-state index in [0.29, 0.717) is 0 Å². The van der Waals surface area contributed by atoms with Crippen LogP contribution in [0.25, 0.3) is 69.9 Å². The predicted octanol–water partition coefficient (Wildman–Crippen LogP) is 18.1. The average Bonchev–Trinajstić information content (AvgIpc) is 3.92. The second-order valence-corrected chi connectivity index (χ2v) is 19.3. The summed E-state index contributed by atoms with van der Waals surface area (Å²) in [6.45, 7) is 4.74. The van der Waals surface area contributed by atoms with Crippen LogP contribution in [0.4, 0.5) is 34.1 Å². The zero-order valence-electron chi connectivity index (χ0n) is 37.3. The molecular formula is C63H45N3S. The molecule has 0 amide bonds. The van der Waals surface area contributed by atoms with E-state index < -0.39 is 0 Å². The van der Waals surface area contributed by atoms with E-state index in [1.54, 1.807) is 0 Å². The minimum absolute atomic E-state index is 0.212. The molecule has 0 spiro atoms. The van der Waals surface area contributed by atoms with Crippen LogP contribution in [-0.2, 0) is 5.41 Å². The lowest BCUT2D eigenvalue weighted by Gasteiger charge is -2.42. The summed E-state index contributed by atoms with van der Waals surface area (Å²) in [4.78, 5) is 4.86. The Balaban J connectivity index is 1.00. The lowest BCUT2D eigenvalue weighted by molar-refractivity contribution is 0.632. The topological polar surface area (TPSA) is 11.4 Å². The first-order valence-electron chi connectivity index (χ1n) is 23.1. The number of hydrogen-bond acceptors (Lipinski definition) is 3. The molecule has 12 aromatic rings. The first kappa shape index (κ1) is 39.2. The van der Waals surface area contributed by atoms with E-state index in [1.807, 2.05) is 11.3 Å². The third kappa shape index (κ3) is 6.40. The summed E-state index contributed by atoms with van der Waals surface area (Å²) >= 11 is 1.86. The van der Waals surface area contributed by atoms with Crippen molar-refractivity contribution in [2.24, 2.45) is 0 Å². The van der Waals surface area contributed by atoms with E-state index >= 15 is 0 Å². The van der Waals surface area contributed by atoms with Gasteiger partial charge in [0.1, 0.15) is 0 Å². The van der Waals surface area contributed by atoms with Crippen molar-refractivity contribution in [1.29, 1.82) is 0 Å². The van der Waals surface area contributed by atoms with Gasteiger partial charge in [-0.3, -0.25) is 0 Å². The third-order valence-corrected chi connectivity index (χ3v) is 15.1. The average molecular weight is 876 g/mol. The zero-order valence-corrected chi connectivity index (χ0v) is 38.1. The van der Waals surface area contributed by atoms with E-state index in [-0.39, 0.29) is 5.41 Å². The van der Waals surface area contributed by atoms with Gasteiger partial charge in [-0.15, -0.1) is 11.3 Å². The first-order valence-corrected chi connectivity index (χ1v) is 23.9. The molecular weight excluding hydrogens is 831 g/mol. The molecule has 0 bridgehead atoms. The van der Waals surface area contributed by atoms with E-state index in [9.17, 15) is 0 Å². The van der Waals surface area contributed by atoms with Gasteiger partial charge in [0.05, 0.1) is 22.4 Å². The molecule has 2 aromatic heterocycles. The maximum Gasteiger partial charge on any atom is 0.0542 e. The van der Waals surface area contributed by atoms with Crippen LogP contribution >= 0.6 is 11.3 Å². The van der Waals surface area contributed by atoms with Crippen molar-refractivity contribution in [1.82, 2.24) is 4.57 Å². The SMILES string of the molecule is CC1(C)c2ccccc2N(c2ccccc2)c2ccc(-c3ccc4c(c3)c3cc(N(c5ccc(-c6ccccc6)cc5)c5ccc6sc7ccccc7c6c5)ccc3n4-c3ccccc3)cc21. The number of anilines is 6. The van der Waals surface area contributed by atoms with Crippen molar-refractivity contribution in [2.75, 3.05) is 9.80 Å². The molecule has 0 saturated heterocycles. The Morgan fingerprint density at radius 3 is 1.66 bits per heavy atom. The summed E-state index contributed by atoms with van der Waals surface area (Å²) < 4.78 is 5.02. The lowest BCUT2D eigenvalue weighted by Crippen LogP contribution is -2.30. The molecule has 0 fully saturated rings. The van der Waals surface area contributed by atoms with Gasteiger partial charge in [0.2, 0.25) is 0 Å². The summed E-state index contributed by atoms with van der Waals surface area (Å²) in [6, 6.07) is 87.0. The van der Waals surface area contributed by atoms with Gasteiger partial charge in [0, 0.05) is 64.8 Å². The zero-order chi connectivity index (χ0) is 44.6. The monoisotopic (exact) mass is 875 g/mol. The summed E-state index contributed by atoms with van der Waals surface area (Å²) in [5.74, 6) is 0. The quantitative estimate of drug-likeness (QED) is 0.158. The highest BCUT2D eigenvalue weighted by atomic mass is 32.1. The fourth-order valence-electron chi connectivity index (χ4n) is 10.7. The molecule has 0 unspecified atom stereocenters. The van der Waals surface area contributed by atoms with Crippen LogP contribution in [0.3, 0.4) is 0 Å². The molecule has 0 aliphatic carbocycles. The number of aromatic nitrogens is 1. The van der Waals surface area contributed by atoms with Gasteiger partial charge in [-0.2, -0.15) is 0 Å². The fraction of sp³-hybridized carbons (Fsp3) is 0.0476. The Morgan fingerprint density at radius 1 is 0.358 bits per heavy atom. The van der Waals surface area contributed by atoms with E-state index in [1.165, 1.54) is 86.7 Å². The molecule has 318 valence electrons. The van der Waals surface area contributed by atoms with Gasteiger partial charge in [-0.25, -0.2) is 0 Å². The van der Waals surface area contributed by atoms with Gasteiger partial charge in [-0.05, 0) is 143 Å². The second kappa shape index (κ2) is 15.5. The molecule has 3 heterocycles. The van der Waals surface area contributed by atoms with Crippen LogP contribution in [0.5, 0.6) is 0 Å². The third-order valence-electron chi connectivity index (χ3n) is 13.9. The smallest absolute Gasteiger partial charge is 0.0542 e. The Morgan fingerprint density at radius 2 is 0.881 bits per heavy atom. The number of thiophene rings is 1. The van der Waals surface area contributed by atoms with Crippen molar-refractivity contribution in [3.8, 4) is 27.9 Å². The Kier molecular flexibility index (Phi) is 9.06. The lowest BCUT2D eigenvalue weighted by atomic mass is 9.73. The molecule has 3 nitrogen and oxygen atoms in total. The molecule has 67 heavy (non-hydrogen) atoms. The van der Waals surface area contributed by atoms with Crippen LogP contribution in [0.2, 0.25) is 0 Å². The van der Waals surface area contributed by atoms with Crippen LogP contribution in [-0.4, -0.2) is 4.57 Å². The van der Waals surface area contributed by atoms with Crippen molar-refractivity contribution >= 4 is 87.4 Å². The highest BCUT2D eigenvalue weighted by Gasteiger charge is 2.37. The summed E-state index contributed by atoms with van der Waals surface area (Å²) in [7, 11) is 0. The summed E-state index contributed by atoms with van der Waals surface area (Å²) in [5.41, 5.74) is 17.6. The molecule has 13 rings (SSSR count). The molecule has 0 saturated carbocycles. The standard InChI is InChI=1S/C63H45N3S/c1-63(2)55-23-13-14-24-59(55)66(47-20-10-5-11-21-47)60-35-29-45(39-56(60)63)44-28-34-57-52(38-44)53-40-49(32-36-58(53)65(57)46-18-8-4-9-19-46)64(48-30-26-43(27-31-48)42-16-6-3-7-17-42)50-33-37-62-54(41-50)51-22-12-15-25-61(51)67-62/h3-41H,1-2H3. The Hall–Kier alpha value is -8.18. The Labute approximate surface area is 394 Å². The molecule has 10 aromatic carbocycles. The molecule has 0 N–H and O–H groups in total. The molecule has 1 aliphatic heterocycles. The summed E-state index contributed by atoms with van der Waals surface area (Å²) in [5, 5.41) is 4.98. The van der Waals surface area contributed by atoms with E-state index in [4.69, 9.17) is 0 Å². The molecule has 0 atom stereocenters. The molecule has 0 radical (unpaired) electrons. The first-order chi connectivity index (χ1) is 33.0. The largest absolute Gasteiger partial charge is 0.310 e. The summed E-state index contributed by atoms with van der Waals surface area (Å²) in [6.07, 6.45) is 0. The van der Waals surface area contributed by atoms with Crippen LogP contribution in [0, 0.1) is 0 Å². The van der Waals surface area contributed by atoms with Crippen LogP contribution in [0.1, 0.15) is 25.0 Å². The van der Waals surface area contributed by atoms with Gasteiger partial charge in [0.25, 0.3) is 0 Å². The normalized spacial score (nSPS) is 13.0. The maximum atomic E-state index is 2.44. The number of fused-ring (bicyclic) bond motifs is 8. The number of hydrogen-bond donors (Lipinski definition) is 0. The number of rotatable bonds is 7. The highest BCUT2D eigenvalue weighted by Crippen LogP contribution is 2.53. The maximum absolute atomic E-state index is 2.44. The minimum Gasteiger partial charge on any atom is -0.310 e. The van der Waals surface area contributed by atoms with Crippen molar-refractivity contribution in [2.45, 2.75) is 19.3 Å². The highest BCUT2D eigenvalue weighted by molar-refractivity contribution is 7.25. The second-order valence-electron chi connectivity index (χ2n) is 18.2. The van der Waals surface area contributed by atoms with Crippen molar-refractivity contribution in [3.05, 3.63) is 248 Å². The molecule has 1 aliphatic rings. The number of para-hydroxylation sites is 3. The van der Waals surface area contributed by atoms with Crippen molar-refractivity contribution < 1.29 is 0 Å². The van der Waals surface area contributed by atoms with Gasteiger partial charge in [0.15, 0.2) is 0 Å². The van der Waals surface area contributed by atoms with Crippen LogP contribution < -0.4 is 9.80 Å². The van der Waals surface area contributed by atoms with E-state index in [0.717, 1.165) is 28.4 Å². The molecule has 4 heteroatoms. The van der Waals surface area contributed by atoms with Gasteiger partial charge >= 0.3 is 0 Å². The Bertz CT molecular complexity index is 3830. The predicted molar refractivity (Wildman–Crippen MR) is 286 cm³/mol. The number of benzene rings is 10. The van der Waals surface area contributed by atoms with Gasteiger partial charge in [-0.1, -0.05) is 141 Å².